The van der Waals surface area contributed by atoms with Crippen LogP contribution in [0.3, 0.4) is 0 Å². The smallest absolute Gasteiger partial charge is 0.339 e. The van der Waals surface area contributed by atoms with Crippen LogP contribution in [-0.2, 0) is 4.74 Å². The summed E-state index contributed by atoms with van der Waals surface area (Å²) in [4.78, 5) is 11.3. The van der Waals surface area contributed by atoms with Crippen LogP contribution in [0.5, 0.6) is 0 Å². The number of hydrogen-bond donors (Lipinski definition) is 1. The molecular formula is C10H13NO2. The van der Waals surface area contributed by atoms with Crippen LogP contribution in [0.15, 0.2) is 30.3 Å². The molecule has 0 unspecified atom stereocenters. The van der Waals surface area contributed by atoms with Gasteiger partial charge in [0.15, 0.2) is 6.23 Å². The van der Waals surface area contributed by atoms with Gasteiger partial charge in [0, 0.05) is 0 Å². The number of nitrogens with two attached hydrogens (primary N) is 1. The van der Waals surface area contributed by atoms with E-state index in [1.165, 1.54) is 0 Å². The third-order valence-corrected chi connectivity index (χ3v) is 1.67. The molecule has 0 aliphatic rings. The number of rotatable bonds is 3. The van der Waals surface area contributed by atoms with Crippen molar-refractivity contribution in [2.45, 2.75) is 19.6 Å². The molecule has 0 aromatic heterocycles. The molecule has 70 valence electrons. The third-order valence-electron chi connectivity index (χ3n) is 1.67. The fourth-order valence-electron chi connectivity index (χ4n) is 0.863. The predicted octanol–water partition coefficient (Wildman–Crippen LogP) is 1.54. The molecule has 0 aliphatic carbocycles. The molecule has 1 aromatic carbocycles. The maximum absolute atomic E-state index is 11.3. The molecule has 1 aromatic rings. The zero-order chi connectivity index (χ0) is 9.68. The lowest BCUT2D eigenvalue weighted by atomic mass is 10.2. The van der Waals surface area contributed by atoms with Gasteiger partial charge in [-0.05, 0) is 18.6 Å². The average molecular weight is 179 g/mol. The summed E-state index contributed by atoms with van der Waals surface area (Å²) < 4.78 is 4.92. The highest BCUT2D eigenvalue weighted by molar-refractivity contribution is 5.89. The van der Waals surface area contributed by atoms with Gasteiger partial charge < -0.3 is 4.74 Å². The van der Waals surface area contributed by atoms with Crippen LogP contribution in [0.2, 0.25) is 0 Å². The lowest BCUT2D eigenvalue weighted by molar-refractivity contribution is 0.0308. The minimum absolute atomic E-state index is 0.366. The molecule has 1 rings (SSSR count). The quantitative estimate of drug-likeness (QED) is 0.565. The van der Waals surface area contributed by atoms with Gasteiger partial charge in [-0.25, -0.2) is 4.79 Å². The van der Waals surface area contributed by atoms with Crippen molar-refractivity contribution < 1.29 is 9.53 Å². The molecule has 0 aliphatic heterocycles. The standard InChI is InChI=1S/C10H13NO2/c1-2-9(11)13-10(12)8-6-4-3-5-7-8/h3-7,9H,2,11H2,1H3/t9-/m0/s1. The van der Waals surface area contributed by atoms with Crippen LogP contribution in [0.25, 0.3) is 0 Å². The van der Waals surface area contributed by atoms with E-state index in [0.717, 1.165) is 0 Å². The van der Waals surface area contributed by atoms with Gasteiger partial charge in [-0.2, -0.15) is 0 Å². The lowest BCUT2D eigenvalue weighted by Gasteiger charge is -2.10. The fourth-order valence-corrected chi connectivity index (χ4v) is 0.863. The van der Waals surface area contributed by atoms with Crippen molar-refractivity contribution in [3.8, 4) is 0 Å². The first-order chi connectivity index (χ1) is 6.24. The predicted molar refractivity (Wildman–Crippen MR) is 50.1 cm³/mol. The molecule has 3 nitrogen and oxygen atoms in total. The number of benzene rings is 1. The van der Waals surface area contributed by atoms with Crippen LogP contribution in [0.4, 0.5) is 0 Å². The van der Waals surface area contributed by atoms with E-state index in [1.807, 2.05) is 13.0 Å². The van der Waals surface area contributed by atoms with Crippen LogP contribution < -0.4 is 5.73 Å². The van der Waals surface area contributed by atoms with Gasteiger partial charge in [0.25, 0.3) is 0 Å². The first-order valence-corrected chi connectivity index (χ1v) is 4.25. The first-order valence-electron chi connectivity index (χ1n) is 4.25. The van der Waals surface area contributed by atoms with Crippen LogP contribution in [0, 0.1) is 0 Å². The molecule has 0 radical (unpaired) electrons. The van der Waals surface area contributed by atoms with E-state index >= 15 is 0 Å². The molecule has 0 spiro atoms. The lowest BCUT2D eigenvalue weighted by Crippen LogP contribution is -2.26. The Bertz CT molecular complexity index is 272. The Labute approximate surface area is 77.5 Å². The Kier molecular flexibility index (Phi) is 3.46. The minimum atomic E-state index is -0.507. The zero-order valence-corrected chi connectivity index (χ0v) is 7.57. The van der Waals surface area contributed by atoms with Gasteiger partial charge in [-0.1, -0.05) is 25.1 Å². The van der Waals surface area contributed by atoms with Gasteiger partial charge in [0.05, 0.1) is 5.56 Å². The summed E-state index contributed by atoms with van der Waals surface area (Å²) in [6, 6.07) is 8.81. The maximum Gasteiger partial charge on any atom is 0.339 e. The van der Waals surface area contributed by atoms with Gasteiger partial charge in [-0.15, -0.1) is 0 Å². The van der Waals surface area contributed by atoms with Crippen LogP contribution in [0.1, 0.15) is 23.7 Å². The van der Waals surface area contributed by atoms with Gasteiger partial charge >= 0.3 is 5.97 Å². The van der Waals surface area contributed by atoms with Crippen molar-refractivity contribution in [3.05, 3.63) is 35.9 Å². The van der Waals surface area contributed by atoms with E-state index in [1.54, 1.807) is 24.3 Å². The number of carbonyl (C=O) groups is 1. The highest BCUT2D eigenvalue weighted by Crippen LogP contribution is 2.02. The molecule has 0 saturated carbocycles. The van der Waals surface area contributed by atoms with E-state index in [2.05, 4.69) is 0 Å². The summed E-state index contributed by atoms with van der Waals surface area (Å²) in [5.74, 6) is -0.366. The second-order valence-electron chi connectivity index (χ2n) is 2.72. The number of hydrogen-bond acceptors (Lipinski definition) is 3. The molecule has 1 atom stereocenters. The number of ether oxygens (including phenoxy) is 1. The number of carbonyl (C=O) groups excluding carboxylic acids is 1. The summed E-state index contributed by atoms with van der Waals surface area (Å²) in [5.41, 5.74) is 6.00. The minimum Gasteiger partial charge on any atom is -0.443 e. The largest absolute Gasteiger partial charge is 0.443 e. The first kappa shape index (κ1) is 9.74. The van der Waals surface area contributed by atoms with Gasteiger partial charge in [0.1, 0.15) is 0 Å². The second kappa shape index (κ2) is 4.62. The highest BCUT2D eigenvalue weighted by atomic mass is 16.6. The van der Waals surface area contributed by atoms with E-state index in [9.17, 15) is 4.79 Å². The molecule has 0 amide bonds. The third kappa shape index (κ3) is 2.87. The summed E-state index contributed by atoms with van der Waals surface area (Å²) in [6.45, 7) is 1.86. The van der Waals surface area contributed by atoms with Crippen molar-refractivity contribution in [2.75, 3.05) is 0 Å². The van der Waals surface area contributed by atoms with Crippen molar-refractivity contribution in [1.82, 2.24) is 0 Å². The summed E-state index contributed by atoms with van der Waals surface area (Å²) in [5, 5.41) is 0. The SMILES string of the molecule is CC[C@@H](N)OC(=O)c1ccccc1. The second-order valence-corrected chi connectivity index (χ2v) is 2.72. The summed E-state index contributed by atoms with van der Waals surface area (Å²) in [7, 11) is 0. The normalized spacial score (nSPS) is 12.2. The van der Waals surface area contributed by atoms with Gasteiger partial charge in [0.2, 0.25) is 0 Å². The Hall–Kier alpha value is -1.35. The van der Waals surface area contributed by atoms with Crippen molar-refractivity contribution in [3.63, 3.8) is 0 Å². The molecule has 13 heavy (non-hydrogen) atoms. The summed E-state index contributed by atoms with van der Waals surface area (Å²) >= 11 is 0. The summed E-state index contributed by atoms with van der Waals surface area (Å²) in [6.07, 6.45) is 0.117. The Morgan fingerprint density at radius 3 is 2.62 bits per heavy atom. The molecular weight excluding hydrogens is 166 g/mol. The van der Waals surface area contributed by atoms with E-state index < -0.39 is 6.23 Å². The van der Waals surface area contributed by atoms with Gasteiger partial charge in [-0.3, -0.25) is 5.73 Å². The Morgan fingerprint density at radius 2 is 2.08 bits per heavy atom. The number of esters is 1. The van der Waals surface area contributed by atoms with Crippen molar-refractivity contribution >= 4 is 5.97 Å². The zero-order valence-electron chi connectivity index (χ0n) is 7.57. The van der Waals surface area contributed by atoms with Crippen LogP contribution >= 0.6 is 0 Å². The monoisotopic (exact) mass is 179 g/mol. The molecule has 0 fully saturated rings. The average Bonchev–Trinajstić information content (AvgIpc) is 2.19. The Balaban J connectivity index is 2.59. The molecule has 3 heteroatoms. The van der Waals surface area contributed by atoms with Crippen LogP contribution in [-0.4, -0.2) is 12.2 Å². The molecule has 0 heterocycles. The van der Waals surface area contributed by atoms with E-state index in [-0.39, 0.29) is 5.97 Å². The van der Waals surface area contributed by atoms with Crippen molar-refractivity contribution in [2.24, 2.45) is 5.73 Å². The van der Waals surface area contributed by atoms with E-state index in [4.69, 9.17) is 10.5 Å². The Morgan fingerprint density at radius 1 is 1.46 bits per heavy atom. The fraction of sp³-hybridized carbons (Fsp3) is 0.300. The highest BCUT2D eigenvalue weighted by Gasteiger charge is 2.09. The molecule has 2 N–H and O–H groups in total. The molecule has 0 bridgehead atoms. The van der Waals surface area contributed by atoms with Crippen molar-refractivity contribution in [1.29, 1.82) is 0 Å². The maximum atomic E-state index is 11.3. The topological polar surface area (TPSA) is 52.3 Å². The van der Waals surface area contributed by atoms with E-state index in [0.29, 0.717) is 12.0 Å². The molecule has 0 saturated heterocycles.